The minimum absolute atomic E-state index is 0.00425. The molecule has 17 aromatic carbocycles. The molecule has 0 amide bonds. The molecule has 0 saturated carbocycles. The van der Waals surface area contributed by atoms with Crippen molar-refractivity contribution in [3.05, 3.63) is 431 Å². The molecule has 6 heterocycles. The normalized spacial score (nSPS) is 17.1. The molecule has 6 nitrogen and oxygen atoms in total. The molecule has 26 rings (SSSR count). The van der Waals surface area contributed by atoms with Crippen molar-refractivity contribution in [2.45, 2.75) is 50.2 Å². The van der Waals surface area contributed by atoms with Crippen molar-refractivity contribution in [1.29, 1.82) is 0 Å². The van der Waals surface area contributed by atoms with Crippen LogP contribution in [0.3, 0.4) is 0 Å². The number of fused-ring (bicyclic) bond motifs is 29. The van der Waals surface area contributed by atoms with Gasteiger partial charge in [-0.2, -0.15) is 0 Å². The average Bonchev–Trinajstić information content (AvgIpc) is 1.50. The Hall–Kier alpha value is -14.3. The van der Waals surface area contributed by atoms with Gasteiger partial charge in [-0.15, -0.1) is 0 Å². The molecule has 3 aromatic heterocycles. The highest BCUT2D eigenvalue weighted by molar-refractivity contribution is 6.22. The van der Waals surface area contributed by atoms with Crippen LogP contribution < -0.4 is 9.80 Å². The van der Waals surface area contributed by atoms with E-state index in [0.29, 0.717) is 0 Å². The van der Waals surface area contributed by atoms with Gasteiger partial charge in [-0.25, -0.2) is 0 Å². The minimum Gasteiger partial charge on any atom is -0.456 e. The second-order valence-corrected chi connectivity index (χ2v) is 33.8. The Morgan fingerprint density at radius 1 is 0.333 bits per heavy atom. The molecule has 2 spiro atoms. The maximum absolute atomic E-state index is 6.82. The van der Waals surface area contributed by atoms with Crippen molar-refractivity contribution in [1.82, 2.24) is 9.13 Å². The van der Waals surface area contributed by atoms with E-state index in [9.17, 15) is 0 Å². The van der Waals surface area contributed by atoms with E-state index in [1.807, 2.05) is 12.1 Å². The van der Waals surface area contributed by atoms with E-state index in [0.717, 1.165) is 73.6 Å². The fraction of sp³-hybridized carbons (Fsp3) is 0.0811. The third kappa shape index (κ3) is 8.86. The number of anilines is 6. The molecule has 1 saturated heterocycles. The Morgan fingerprint density at radius 2 is 0.803 bits per heavy atom. The van der Waals surface area contributed by atoms with Gasteiger partial charge in [0.2, 0.25) is 0 Å². The third-order valence-electron chi connectivity index (χ3n) is 27.4. The first-order chi connectivity index (χ1) is 57.6. The number of hydrogen-bond acceptors (Lipinski definition) is 4. The number of aryl methyl sites for hydroxylation is 2. The molecule has 0 N–H and O–H groups in total. The average molecular weight is 1500 g/mol. The minimum atomic E-state index is -0.701. The standard InChI is InChI=1S/C111H74N4O2/c1-66-37-47-95-101(50-66)114-99-58-76-57-88-90-62-82(113(78-25-8-5-9-26-78)80-46-44-69-53-74(42-40-71(69)55-80)105-65-109(3)49-21-20-36-106(109)117-105)64-98-108(90)115(102-51-67(2)38-48-96(102)111(98)93-33-17-13-29-85(93)86-30-14-18-34-94(86)111)100(88)59-75(76)56-87(99)89-61-81(63-97(107(89)114)110(95)91-31-15-11-27-83(91)84-28-12-16-32-92(84)110)112(77-23-6-4-7-24-77)79-45-43-68-52-73(41-39-70(68)54-79)104-60-72-22-10-19-35-103(72)116-104/h4-64,105-106H,65H2,1-3H3. The number of rotatable bonds is 8. The van der Waals surface area contributed by atoms with Crippen molar-refractivity contribution in [3.63, 3.8) is 0 Å². The lowest BCUT2D eigenvalue weighted by Gasteiger charge is -2.40. The monoisotopic (exact) mass is 1490 g/mol. The molecule has 0 radical (unpaired) electrons. The molecule has 20 aromatic rings. The Bertz CT molecular complexity index is 7730. The summed E-state index contributed by atoms with van der Waals surface area (Å²) in [7, 11) is 0. The third-order valence-corrected chi connectivity index (χ3v) is 27.4. The molecule has 117 heavy (non-hydrogen) atoms. The second-order valence-electron chi connectivity index (χ2n) is 33.8. The number of benzene rings is 17. The van der Waals surface area contributed by atoms with Crippen LogP contribution in [0.5, 0.6) is 0 Å². The van der Waals surface area contributed by atoms with Crippen molar-refractivity contribution < 1.29 is 9.15 Å². The zero-order chi connectivity index (χ0) is 76.9. The first kappa shape index (κ1) is 65.1. The summed E-state index contributed by atoms with van der Waals surface area (Å²) in [6, 6.07) is 132. The van der Waals surface area contributed by atoms with Gasteiger partial charge in [0.1, 0.15) is 11.3 Å². The lowest BCUT2D eigenvalue weighted by molar-refractivity contribution is 0.0546. The molecule has 550 valence electrons. The van der Waals surface area contributed by atoms with E-state index >= 15 is 0 Å². The Kier molecular flexibility index (Phi) is 13.2. The summed E-state index contributed by atoms with van der Waals surface area (Å²) in [6.45, 7) is 6.86. The van der Waals surface area contributed by atoms with E-state index in [1.54, 1.807) is 0 Å². The predicted octanol–water partition coefficient (Wildman–Crippen LogP) is 28.6. The van der Waals surface area contributed by atoms with Gasteiger partial charge < -0.3 is 28.1 Å². The van der Waals surface area contributed by atoms with Gasteiger partial charge >= 0.3 is 0 Å². The van der Waals surface area contributed by atoms with Gasteiger partial charge in [0, 0.05) is 72.0 Å². The van der Waals surface area contributed by atoms with Gasteiger partial charge in [-0.05, 0) is 269 Å². The Balaban J connectivity index is 0.742. The largest absolute Gasteiger partial charge is 0.456 e. The summed E-state index contributed by atoms with van der Waals surface area (Å²) in [5.74, 6) is 0.861. The number of para-hydroxylation sites is 3. The molecule has 6 aliphatic rings. The van der Waals surface area contributed by atoms with Crippen LogP contribution in [-0.2, 0) is 15.6 Å². The van der Waals surface area contributed by atoms with Crippen LogP contribution in [0.1, 0.15) is 80.6 Å². The summed E-state index contributed by atoms with van der Waals surface area (Å²) in [5, 5.41) is 12.9. The van der Waals surface area contributed by atoms with Crippen LogP contribution in [-0.4, -0.2) is 15.2 Å². The number of furan rings is 1. The molecular weight excluding hydrogens is 1420 g/mol. The topological polar surface area (TPSA) is 38.7 Å². The zero-order valence-corrected chi connectivity index (χ0v) is 64.7. The number of ether oxygens (including phenoxy) is 1. The van der Waals surface area contributed by atoms with Gasteiger partial charge in [0.05, 0.1) is 56.5 Å². The predicted molar refractivity (Wildman–Crippen MR) is 482 cm³/mol. The van der Waals surface area contributed by atoms with E-state index in [4.69, 9.17) is 9.15 Å². The maximum atomic E-state index is 6.82. The van der Waals surface area contributed by atoms with Gasteiger partial charge in [0.25, 0.3) is 0 Å². The molecule has 6 heteroatoms. The lowest BCUT2D eigenvalue weighted by Crippen LogP contribution is -2.33. The maximum Gasteiger partial charge on any atom is 0.135 e. The van der Waals surface area contributed by atoms with Crippen molar-refractivity contribution in [2.24, 2.45) is 5.41 Å². The fourth-order valence-electron chi connectivity index (χ4n) is 22.3. The second kappa shape index (κ2) is 23.7. The number of nitrogens with zero attached hydrogens (tertiary/aromatic N) is 4. The van der Waals surface area contributed by atoms with Crippen LogP contribution in [0.15, 0.2) is 375 Å². The molecule has 3 aliphatic heterocycles. The molecule has 3 atom stereocenters. The SMILES string of the molecule is Cc1ccc2c(c1)-n1c3cc4cc5c6cc(N(c7ccccc7)c7ccc8cc(C9CC%10(C)C=CC=CC%10O9)ccc8c7)cc7c6n(c5cc4cc3c3cc(N(c4ccccc4)c4ccc5cc(-c6cc8ccccc8o6)ccc5c4)cc(c31)C21c2ccccc2-c2ccccc21)-c1cc(C)ccc1C71c2ccccc2-c2ccccc21. The van der Waals surface area contributed by atoms with E-state index in [-0.39, 0.29) is 17.6 Å². The molecule has 1 fully saturated rings. The van der Waals surface area contributed by atoms with Crippen LogP contribution in [0.2, 0.25) is 0 Å². The van der Waals surface area contributed by atoms with Crippen molar-refractivity contribution >= 4 is 121 Å². The summed E-state index contributed by atoms with van der Waals surface area (Å²) < 4.78 is 18.6. The number of aromatic nitrogens is 2. The Morgan fingerprint density at radius 3 is 1.32 bits per heavy atom. The van der Waals surface area contributed by atoms with Crippen LogP contribution >= 0.6 is 0 Å². The van der Waals surface area contributed by atoms with Gasteiger partial charge in [-0.3, -0.25) is 0 Å². The zero-order valence-electron chi connectivity index (χ0n) is 64.7. The number of hydrogen-bond donors (Lipinski definition) is 0. The van der Waals surface area contributed by atoms with Crippen molar-refractivity contribution in [3.8, 4) is 45.0 Å². The molecule has 3 aliphatic carbocycles. The molecule has 3 unspecified atom stereocenters. The van der Waals surface area contributed by atoms with Crippen LogP contribution in [0.25, 0.3) is 132 Å². The quantitative estimate of drug-likeness (QED) is 0.152. The summed E-state index contributed by atoms with van der Waals surface area (Å²) >= 11 is 0. The first-order valence-electron chi connectivity index (χ1n) is 41.1. The van der Waals surface area contributed by atoms with Crippen LogP contribution in [0.4, 0.5) is 34.1 Å². The van der Waals surface area contributed by atoms with Crippen molar-refractivity contribution in [2.75, 3.05) is 9.80 Å². The van der Waals surface area contributed by atoms with E-state index < -0.39 is 10.8 Å². The lowest BCUT2D eigenvalue weighted by atomic mass is 9.65. The Labute approximate surface area is 676 Å². The molecular formula is C111H74N4O2. The number of allylic oxidation sites excluding steroid dienone is 2. The highest BCUT2D eigenvalue weighted by Gasteiger charge is 2.54. The smallest absolute Gasteiger partial charge is 0.135 e. The fourth-order valence-corrected chi connectivity index (χ4v) is 22.3. The summed E-state index contributed by atoms with van der Waals surface area (Å²) in [4.78, 5) is 5.01. The van der Waals surface area contributed by atoms with Gasteiger partial charge in [0.15, 0.2) is 0 Å². The van der Waals surface area contributed by atoms with E-state index in [2.05, 4.69) is 398 Å². The van der Waals surface area contributed by atoms with Crippen LogP contribution in [0, 0.1) is 19.3 Å². The first-order valence-corrected chi connectivity index (χ1v) is 41.1. The summed E-state index contributed by atoms with van der Waals surface area (Å²) in [6.07, 6.45) is 9.87. The summed E-state index contributed by atoms with van der Waals surface area (Å²) in [5.41, 5.74) is 33.1. The van der Waals surface area contributed by atoms with E-state index in [1.165, 1.54) is 160 Å². The molecule has 0 bridgehead atoms. The highest BCUT2D eigenvalue weighted by atomic mass is 16.5. The van der Waals surface area contributed by atoms with Gasteiger partial charge in [-0.1, -0.05) is 244 Å². The highest BCUT2D eigenvalue weighted by Crippen LogP contribution is 2.65.